The summed E-state index contributed by atoms with van der Waals surface area (Å²) >= 11 is 0. The molecular weight excluding hydrogens is 380 g/mol. The second kappa shape index (κ2) is 9.65. The Kier molecular flexibility index (Phi) is 6.51. The first kappa shape index (κ1) is 20.3. The molecule has 0 saturated carbocycles. The van der Waals surface area contributed by atoms with E-state index in [9.17, 15) is 0 Å². The highest BCUT2D eigenvalue weighted by molar-refractivity contribution is 5.74. The maximum Gasteiger partial charge on any atom is 0.130 e. The van der Waals surface area contributed by atoms with E-state index in [1.807, 2.05) is 55.6 Å². The minimum Gasteiger partial charge on any atom is -0.496 e. The van der Waals surface area contributed by atoms with E-state index in [1.165, 1.54) is 0 Å². The lowest BCUT2D eigenvalue weighted by molar-refractivity contribution is 0.0322. The van der Waals surface area contributed by atoms with Gasteiger partial charge in [-0.1, -0.05) is 0 Å². The zero-order valence-electron chi connectivity index (χ0n) is 17.5. The van der Waals surface area contributed by atoms with E-state index in [-0.39, 0.29) is 0 Å². The molecular formula is C23H28N4O3. The van der Waals surface area contributed by atoms with Gasteiger partial charge < -0.3 is 19.5 Å². The number of morpholine rings is 1. The molecule has 7 nitrogen and oxygen atoms in total. The first-order valence-electron chi connectivity index (χ1n) is 10.2. The van der Waals surface area contributed by atoms with Gasteiger partial charge in [0.2, 0.25) is 0 Å². The number of hydrogen-bond acceptors (Lipinski definition) is 6. The molecule has 3 aromatic rings. The molecule has 1 aliphatic rings. The van der Waals surface area contributed by atoms with E-state index in [1.54, 1.807) is 7.11 Å². The second-order valence-corrected chi connectivity index (χ2v) is 7.16. The molecule has 4 rings (SSSR count). The summed E-state index contributed by atoms with van der Waals surface area (Å²) in [6.45, 7) is 5.18. The van der Waals surface area contributed by atoms with Gasteiger partial charge in [-0.05, 0) is 48.0 Å². The van der Waals surface area contributed by atoms with Crippen molar-refractivity contribution in [1.29, 1.82) is 0 Å². The van der Waals surface area contributed by atoms with Crippen LogP contribution in [-0.2, 0) is 4.74 Å². The lowest BCUT2D eigenvalue weighted by atomic mass is 10.1. The fourth-order valence-electron chi connectivity index (χ4n) is 3.51. The van der Waals surface area contributed by atoms with Gasteiger partial charge in [0, 0.05) is 44.0 Å². The number of anilines is 1. The van der Waals surface area contributed by atoms with Gasteiger partial charge in [-0.25, -0.2) is 0 Å². The Morgan fingerprint density at radius 1 is 1.10 bits per heavy atom. The van der Waals surface area contributed by atoms with Crippen molar-refractivity contribution in [2.45, 2.75) is 0 Å². The van der Waals surface area contributed by atoms with E-state index < -0.39 is 0 Å². The highest BCUT2D eigenvalue weighted by Crippen LogP contribution is 2.33. The number of H-pyrrole nitrogens is 1. The highest BCUT2D eigenvalue weighted by atomic mass is 16.5. The van der Waals surface area contributed by atoms with Crippen molar-refractivity contribution in [3.05, 3.63) is 48.5 Å². The van der Waals surface area contributed by atoms with Gasteiger partial charge >= 0.3 is 0 Å². The first-order chi connectivity index (χ1) is 14.8. The van der Waals surface area contributed by atoms with Crippen LogP contribution in [0.5, 0.6) is 11.5 Å². The summed E-state index contributed by atoms with van der Waals surface area (Å²) in [7, 11) is 3.56. The monoisotopic (exact) mass is 408 g/mol. The Labute approximate surface area is 177 Å². The standard InChI is InChI=1S/C23H28N4O3/c1-24-18-5-8-20(23(15-18)28-2)22-16-21(25-26-22)17-3-6-19(7-4-17)30-14-11-27-9-12-29-13-10-27/h3-8,15-16,24H,9-14H2,1-2H3,(H,25,26). The number of methoxy groups -OCH3 is 1. The lowest BCUT2D eigenvalue weighted by Gasteiger charge is -2.26. The number of aromatic amines is 1. The van der Waals surface area contributed by atoms with Crippen molar-refractivity contribution in [2.75, 3.05) is 58.9 Å². The summed E-state index contributed by atoms with van der Waals surface area (Å²) in [5.41, 5.74) is 4.79. The van der Waals surface area contributed by atoms with Gasteiger partial charge in [0.1, 0.15) is 18.1 Å². The topological polar surface area (TPSA) is 71.6 Å². The van der Waals surface area contributed by atoms with Crippen LogP contribution in [0.15, 0.2) is 48.5 Å². The van der Waals surface area contributed by atoms with Crippen molar-refractivity contribution in [3.8, 4) is 34.0 Å². The average Bonchev–Trinajstić information content (AvgIpc) is 3.30. The smallest absolute Gasteiger partial charge is 0.130 e. The highest BCUT2D eigenvalue weighted by Gasteiger charge is 2.12. The second-order valence-electron chi connectivity index (χ2n) is 7.16. The molecule has 0 amide bonds. The van der Waals surface area contributed by atoms with Crippen molar-refractivity contribution in [1.82, 2.24) is 15.1 Å². The van der Waals surface area contributed by atoms with Crippen LogP contribution in [0.3, 0.4) is 0 Å². The van der Waals surface area contributed by atoms with Crippen LogP contribution < -0.4 is 14.8 Å². The predicted molar refractivity (Wildman–Crippen MR) is 118 cm³/mol. The molecule has 1 aliphatic heterocycles. The Bertz CT molecular complexity index is 949. The Morgan fingerprint density at radius 3 is 2.63 bits per heavy atom. The van der Waals surface area contributed by atoms with E-state index >= 15 is 0 Å². The molecule has 158 valence electrons. The van der Waals surface area contributed by atoms with Gasteiger partial charge in [-0.2, -0.15) is 5.10 Å². The van der Waals surface area contributed by atoms with Crippen LogP contribution in [0.2, 0.25) is 0 Å². The molecule has 0 aliphatic carbocycles. The third kappa shape index (κ3) is 4.75. The summed E-state index contributed by atoms with van der Waals surface area (Å²) in [4.78, 5) is 2.36. The van der Waals surface area contributed by atoms with Crippen LogP contribution in [0.1, 0.15) is 0 Å². The third-order valence-corrected chi connectivity index (χ3v) is 5.29. The van der Waals surface area contributed by atoms with Gasteiger partial charge in [0.05, 0.1) is 31.7 Å². The zero-order valence-corrected chi connectivity index (χ0v) is 17.5. The van der Waals surface area contributed by atoms with Crippen LogP contribution >= 0.6 is 0 Å². The van der Waals surface area contributed by atoms with Crippen molar-refractivity contribution < 1.29 is 14.2 Å². The molecule has 2 aromatic carbocycles. The Hall–Kier alpha value is -3.03. The van der Waals surface area contributed by atoms with Crippen molar-refractivity contribution in [2.24, 2.45) is 0 Å². The summed E-state index contributed by atoms with van der Waals surface area (Å²) < 4.78 is 16.8. The summed E-state index contributed by atoms with van der Waals surface area (Å²) in [5, 5.41) is 10.7. The summed E-state index contributed by atoms with van der Waals surface area (Å²) in [6.07, 6.45) is 0. The maximum atomic E-state index is 5.90. The average molecular weight is 409 g/mol. The van der Waals surface area contributed by atoms with Crippen LogP contribution in [0.4, 0.5) is 5.69 Å². The van der Waals surface area contributed by atoms with E-state index in [4.69, 9.17) is 14.2 Å². The lowest BCUT2D eigenvalue weighted by Crippen LogP contribution is -2.38. The van der Waals surface area contributed by atoms with E-state index in [0.717, 1.165) is 72.5 Å². The van der Waals surface area contributed by atoms with Gasteiger partial charge in [-0.3, -0.25) is 10.00 Å². The number of benzene rings is 2. The predicted octanol–water partition coefficient (Wildman–Crippen LogP) is 3.51. The molecule has 1 aromatic heterocycles. The quantitative estimate of drug-likeness (QED) is 0.594. The van der Waals surface area contributed by atoms with E-state index in [0.29, 0.717) is 6.61 Å². The molecule has 0 bridgehead atoms. The number of hydrogen-bond donors (Lipinski definition) is 2. The first-order valence-corrected chi connectivity index (χ1v) is 10.2. The fourth-order valence-corrected chi connectivity index (χ4v) is 3.51. The third-order valence-electron chi connectivity index (χ3n) is 5.29. The minimum atomic E-state index is 0.677. The minimum absolute atomic E-state index is 0.677. The molecule has 2 N–H and O–H groups in total. The Balaban J connectivity index is 1.40. The largest absolute Gasteiger partial charge is 0.496 e. The van der Waals surface area contributed by atoms with Gasteiger partial charge in [0.15, 0.2) is 0 Å². The molecule has 30 heavy (non-hydrogen) atoms. The van der Waals surface area contributed by atoms with Gasteiger partial charge in [-0.15, -0.1) is 0 Å². The van der Waals surface area contributed by atoms with Crippen LogP contribution in [0.25, 0.3) is 22.5 Å². The zero-order chi connectivity index (χ0) is 20.8. The van der Waals surface area contributed by atoms with E-state index in [2.05, 4.69) is 20.4 Å². The molecule has 2 heterocycles. The van der Waals surface area contributed by atoms with Crippen LogP contribution in [-0.4, -0.2) is 68.7 Å². The SMILES string of the molecule is CNc1ccc(-c2cc(-c3ccc(OCCN4CCOCC4)cc3)[nH]n2)c(OC)c1. The summed E-state index contributed by atoms with van der Waals surface area (Å²) in [6, 6.07) is 16.1. The molecule has 1 fully saturated rings. The molecule has 0 radical (unpaired) electrons. The molecule has 0 atom stereocenters. The maximum absolute atomic E-state index is 5.90. The fraction of sp³-hybridized carbons (Fsp3) is 0.348. The molecule has 1 saturated heterocycles. The Morgan fingerprint density at radius 2 is 1.90 bits per heavy atom. The molecule has 0 unspecified atom stereocenters. The van der Waals surface area contributed by atoms with Crippen LogP contribution in [0, 0.1) is 0 Å². The number of nitrogens with one attached hydrogen (secondary N) is 2. The van der Waals surface area contributed by atoms with Crippen molar-refractivity contribution in [3.63, 3.8) is 0 Å². The number of nitrogens with zero attached hydrogens (tertiary/aromatic N) is 2. The molecule has 0 spiro atoms. The van der Waals surface area contributed by atoms with Crippen molar-refractivity contribution >= 4 is 5.69 Å². The number of rotatable bonds is 8. The number of aromatic nitrogens is 2. The normalized spacial score (nSPS) is 14.5. The summed E-state index contributed by atoms with van der Waals surface area (Å²) in [5.74, 6) is 1.65. The van der Waals surface area contributed by atoms with Gasteiger partial charge in [0.25, 0.3) is 0 Å². The number of ether oxygens (including phenoxy) is 3. The molecule has 7 heteroatoms.